The van der Waals surface area contributed by atoms with Gasteiger partial charge in [-0.1, -0.05) is 13.3 Å². The number of hydrogen-bond acceptors (Lipinski definition) is 3. The third-order valence-corrected chi connectivity index (χ3v) is 4.85. The maximum Gasteiger partial charge on any atom is 0.178 e. The number of aromatic amines is 1. The van der Waals surface area contributed by atoms with Crippen LogP contribution in [0, 0.1) is 16.6 Å². The average Bonchev–Trinajstić information content (AvgIpc) is 3.02. The number of hydrogen-bond donors (Lipinski definition) is 1. The normalized spacial score (nSPS) is 21.9. The van der Waals surface area contributed by atoms with E-state index in [2.05, 4.69) is 16.5 Å². The van der Waals surface area contributed by atoms with Gasteiger partial charge < -0.3 is 19.0 Å². The fraction of sp³-hybridized carbons (Fsp3) is 0.562. The van der Waals surface area contributed by atoms with Crippen molar-refractivity contribution in [3.63, 3.8) is 0 Å². The molecule has 2 unspecified atom stereocenters. The number of imidazole rings is 1. The minimum atomic E-state index is 0.721. The van der Waals surface area contributed by atoms with Crippen molar-refractivity contribution in [2.75, 3.05) is 14.2 Å². The molecule has 5 heteroatoms. The number of H-pyrrole nitrogens is 1. The monoisotopic (exact) mass is 306 g/mol. The Kier molecular flexibility index (Phi) is 3.93. The highest BCUT2D eigenvalue weighted by Crippen LogP contribution is 2.35. The Hall–Kier alpha value is -1.49. The van der Waals surface area contributed by atoms with Crippen molar-refractivity contribution >= 4 is 23.3 Å². The van der Waals surface area contributed by atoms with E-state index >= 15 is 0 Å². The lowest BCUT2D eigenvalue weighted by Crippen LogP contribution is -2.08. The van der Waals surface area contributed by atoms with Gasteiger partial charge >= 0.3 is 0 Å². The molecule has 0 aliphatic heterocycles. The Bertz CT molecular complexity index is 704. The molecule has 0 amide bonds. The van der Waals surface area contributed by atoms with E-state index in [4.69, 9.17) is 21.7 Å². The van der Waals surface area contributed by atoms with E-state index in [9.17, 15) is 0 Å². The summed E-state index contributed by atoms with van der Waals surface area (Å²) in [4.78, 5) is 3.28. The molecule has 4 nitrogen and oxygen atoms in total. The van der Waals surface area contributed by atoms with Gasteiger partial charge in [0.05, 0.1) is 25.3 Å². The van der Waals surface area contributed by atoms with Crippen LogP contribution in [-0.2, 0) is 6.54 Å². The van der Waals surface area contributed by atoms with Crippen molar-refractivity contribution in [3.05, 3.63) is 16.9 Å². The van der Waals surface area contributed by atoms with Crippen LogP contribution in [0.25, 0.3) is 11.0 Å². The van der Waals surface area contributed by atoms with E-state index in [0.29, 0.717) is 0 Å². The zero-order chi connectivity index (χ0) is 15.0. The molecular weight excluding hydrogens is 284 g/mol. The van der Waals surface area contributed by atoms with Crippen LogP contribution in [0.1, 0.15) is 26.2 Å². The number of aromatic nitrogens is 2. The minimum Gasteiger partial charge on any atom is -0.493 e. The Morgan fingerprint density at radius 3 is 2.57 bits per heavy atom. The van der Waals surface area contributed by atoms with Gasteiger partial charge in [0.2, 0.25) is 0 Å². The molecule has 0 spiro atoms. The number of rotatable bonds is 4. The maximum atomic E-state index is 5.50. The van der Waals surface area contributed by atoms with Crippen molar-refractivity contribution in [2.45, 2.75) is 32.7 Å². The standard InChI is InChI=1S/C16H22N2O2S/c1-10-4-5-11(6-10)9-18-13-8-15(20-3)14(19-2)7-12(13)17-16(18)21/h7-8,10-11H,4-6,9H2,1-3H3,(H,17,21). The summed E-state index contributed by atoms with van der Waals surface area (Å²) in [6.45, 7) is 3.32. The van der Waals surface area contributed by atoms with Crippen molar-refractivity contribution in [1.29, 1.82) is 0 Å². The molecule has 114 valence electrons. The largest absolute Gasteiger partial charge is 0.493 e. The van der Waals surface area contributed by atoms with Gasteiger partial charge in [0, 0.05) is 18.7 Å². The van der Waals surface area contributed by atoms with Crippen LogP contribution in [0.4, 0.5) is 0 Å². The molecule has 3 rings (SSSR count). The summed E-state index contributed by atoms with van der Waals surface area (Å²) < 4.78 is 13.7. The van der Waals surface area contributed by atoms with Crippen molar-refractivity contribution in [2.24, 2.45) is 11.8 Å². The summed E-state index contributed by atoms with van der Waals surface area (Å²) in [5, 5.41) is 0. The summed E-state index contributed by atoms with van der Waals surface area (Å²) in [6.07, 6.45) is 3.92. The predicted octanol–water partition coefficient (Wildman–Crippen LogP) is 4.15. The first kappa shape index (κ1) is 14.4. The molecule has 1 fully saturated rings. The smallest absolute Gasteiger partial charge is 0.178 e. The molecule has 1 saturated carbocycles. The fourth-order valence-corrected chi connectivity index (χ4v) is 3.70. The molecule has 2 aromatic rings. The van der Waals surface area contributed by atoms with Crippen molar-refractivity contribution in [3.8, 4) is 11.5 Å². The number of nitrogens with one attached hydrogen (secondary N) is 1. The zero-order valence-electron chi connectivity index (χ0n) is 12.8. The van der Waals surface area contributed by atoms with E-state index in [-0.39, 0.29) is 0 Å². The molecule has 0 radical (unpaired) electrons. The molecular formula is C16H22N2O2S. The van der Waals surface area contributed by atoms with Crippen molar-refractivity contribution < 1.29 is 9.47 Å². The second-order valence-electron chi connectivity index (χ2n) is 6.05. The lowest BCUT2D eigenvalue weighted by Gasteiger charge is -2.13. The molecule has 1 N–H and O–H groups in total. The quantitative estimate of drug-likeness (QED) is 0.862. The minimum absolute atomic E-state index is 0.721. The summed E-state index contributed by atoms with van der Waals surface area (Å²) in [5.41, 5.74) is 2.10. The summed E-state index contributed by atoms with van der Waals surface area (Å²) in [6, 6.07) is 3.97. The molecule has 0 bridgehead atoms. The summed E-state index contributed by atoms with van der Waals surface area (Å²) in [7, 11) is 3.31. The molecule has 1 heterocycles. The Balaban J connectivity index is 2.01. The van der Waals surface area contributed by atoms with Gasteiger partial charge in [-0.05, 0) is 36.9 Å². The highest BCUT2D eigenvalue weighted by molar-refractivity contribution is 7.71. The second kappa shape index (κ2) is 5.72. The van der Waals surface area contributed by atoms with Gasteiger partial charge in [0.1, 0.15) is 0 Å². The van der Waals surface area contributed by atoms with E-state index in [0.717, 1.165) is 45.7 Å². The molecule has 1 aromatic carbocycles. The predicted molar refractivity (Wildman–Crippen MR) is 86.7 cm³/mol. The topological polar surface area (TPSA) is 39.2 Å². The molecule has 1 aliphatic rings. The first-order valence-corrected chi connectivity index (χ1v) is 7.87. The van der Waals surface area contributed by atoms with Gasteiger partial charge in [0.15, 0.2) is 16.3 Å². The third kappa shape index (κ3) is 2.67. The molecule has 21 heavy (non-hydrogen) atoms. The van der Waals surface area contributed by atoms with Crippen LogP contribution < -0.4 is 9.47 Å². The maximum absolute atomic E-state index is 5.50. The number of methoxy groups -OCH3 is 2. The van der Waals surface area contributed by atoms with Crippen LogP contribution in [0.15, 0.2) is 12.1 Å². The molecule has 0 saturated heterocycles. The molecule has 2 atom stereocenters. The first-order valence-electron chi connectivity index (χ1n) is 7.47. The Morgan fingerprint density at radius 1 is 1.24 bits per heavy atom. The Labute approximate surface area is 130 Å². The van der Waals surface area contributed by atoms with Gasteiger partial charge in [-0.3, -0.25) is 0 Å². The Morgan fingerprint density at radius 2 is 1.95 bits per heavy atom. The number of benzene rings is 1. The van der Waals surface area contributed by atoms with Crippen LogP contribution in [0.5, 0.6) is 11.5 Å². The average molecular weight is 306 g/mol. The molecule has 1 aliphatic carbocycles. The fourth-order valence-electron chi connectivity index (χ4n) is 3.41. The second-order valence-corrected chi connectivity index (χ2v) is 6.44. The lowest BCUT2D eigenvalue weighted by molar-refractivity contribution is 0.355. The highest BCUT2D eigenvalue weighted by Gasteiger charge is 2.23. The van der Waals surface area contributed by atoms with E-state index in [1.807, 2.05) is 12.1 Å². The van der Waals surface area contributed by atoms with E-state index in [1.54, 1.807) is 14.2 Å². The van der Waals surface area contributed by atoms with Crippen LogP contribution in [0.2, 0.25) is 0 Å². The van der Waals surface area contributed by atoms with E-state index in [1.165, 1.54) is 19.3 Å². The zero-order valence-corrected chi connectivity index (χ0v) is 13.6. The lowest BCUT2D eigenvalue weighted by atomic mass is 10.1. The third-order valence-electron chi connectivity index (χ3n) is 4.52. The van der Waals surface area contributed by atoms with Crippen molar-refractivity contribution in [1.82, 2.24) is 9.55 Å². The highest BCUT2D eigenvalue weighted by atomic mass is 32.1. The summed E-state index contributed by atoms with van der Waals surface area (Å²) in [5.74, 6) is 3.03. The van der Waals surface area contributed by atoms with Gasteiger partial charge in [0.25, 0.3) is 0 Å². The number of fused-ring (bicyclic) bond motifs is 1. The van der Waals surface area contributed by atoms with E-state index < -0.39 is 0 Å². The van der Waals surface area contributed by atoms with Gasteiger partial charge in [-0.25, -0.2) is 0 Å². The SMILES string of the molecule is COc1cc2[nH]c(=S)n(CC3CCC(C)C3)c2cc1OC. The first-order chi connectivity index (χ1) is 10.1. The summed E-state index contributed by atoms with van der Waals surface area (Å²) >= 11 is 5.50. The van der Waals surface area contributed by atoms with Gasteiger partial charge in [-0.15, -0.1) is 0 Å². The number of nitrogens with zero attached hydrogens (tertiary/aromatic N) is 1. The number of ether oxygens (including phenoxy) is 2. The van der Waals surface area contributed by atoms with Crippen LogP contribution >= 0.6 is 12.2 Å². The molecule has 1 aromatic heterocycles. The van der Waals surface area contributed by atoms with Crippen LogP contribution in [0.3, 0.4) is 0 Å². The van der Waals surface area contributed by atoms with Crippen LogP contribution in [-0.4, -0.2) is 23.8 Å². The van der Waals surface area contributed by atoms with Gasteiger partial charge in [-0.2, -0.15) is 0 Å².